The molecule has 5 aromatic carbocycles. The molecule has 3 aliphatic carbocycles. The van der Waals surface area contributed by atoms with Crippen molar-refractivity contribution in [3.05, 3.63) is 216 Å². The zero-order valence-corrected chi connectivity index (χ0v) is 28.0. The first-order chi connectivity index (χ1) is 25.3. The largest absolute Gasteiger partial charge is 0.470 e. The second kappa shape index (κ2) is 10.8. The lowest BCUT2D eigenvalue weighted by molar-refractivity contribution is 0.566. The molecular weight excluding hydrogens is 621 g/mol. The molecule has 3 heterocycles. The van der Waals surface area contributed by atoms with Gasteiger partial charge in [-0.2, -0.15) is 0 Å². The molecule has 0 saturated carbocycles. The Bertz CT molecular complexity index is 2640. The summed E-state index contributed by atoms with van der Waals surface area (Å²) in [5, 5.41) is 2.52. The van der Waals surface area contributed by atoms with Crippen molar-refractivity contribution in [3.63, 3.8) is 0 Å². The molecule has 242 valence electrons. The predicted molar refractivity (Wildman–Crippen MR) is 208 cm³/mol. The smallest absolute Gasteiger partial charge is 0.114 e. The lowest BCUT2D eigenvalue weighted by Crippen LogP contribution is -2.35. The zero-order valence-electron chi connectivity index (χ0n) is 28.0. The highest BCUT2D eigenvalue weighted by Gasteiger charge is 2.49. The van der Waals surface area contributed by atoms with E-state index >= 15 is 0 Å². The number of para-hydroxylation sites is 1. The topological polar surface area (TPSA) is 21.3 Å². The summed E-state index contributed by atoms with van der Waals surface area (Å²) in [5.41, 5.74) is 14.8. The maximum absolute atomic E-state index is 5.62. The van der Waals surface area contributed by atoms with Crippen LogP contribution in [0.5, 0.6) is 0 Å². The molecule has 2 aromatic heterocycles. The van der Waals surface area contributed by atoms with Crippen LogP contribution in [0.4, 0.5) is 5.69 Å². The van der Waals surface area contributed by atoms with Crippen molar-refractivity contribution in [2.45, 2.75) is 23.8 Å². The Balaban J connectivity index is 1.21. The Morgan fingerprint density at radius 2 is 1.45 bits per heavy atom. The first kappa shape index (κ1) is 28.5. The van der Waals surface area contributed by atoms with Crippen LogP contribution in [-0.4, -0.2) is 10.6 Å². The van der Waals surface area contributed by atoms with E-state index in [4.69, 9.17) is 4.42 Å². The van der Waals surface area contributed by atoms with Crippen molar-refractivity contribution in [3.8, 4) is 16.8 Å². The van der Waals surface area contributed by atoms with Gasteiger partial charge >= 0.3 is 0 Å². The van der Waals surface area contributed by atoms with Gasteiger partial charge in [0, 0.05) is 28.5 Å². The van der Waals surface area contributed by atoms with Crippen LogP contribution in [0, 0.1) is 0 Å². The van der Waals surface area contributed by atoms with Crippen LogP contribution < -0.4 is 4.90 Å². The molecule has 7 aromatic rings. The molecule has 2 atom stereocenters. The Morgan fingerprint density at radius 3 is 2.25 bits per heavy atom. The summed E-state index contributed by atoms with van der Waals surface area (Å²) in [6.07, 6.45) is 23.4. The van der Waals surface area contributed by atoms with Crippen LogP contribution in [0.1, 0.15) is 34.6 Å². The molecule has 11 rings (SSSR count). The Labute approximate surface area is 297 Å². The van der Waals surface area contributed by atoms with Gasteiger partial charge < -0.3 is 13.9 Å². The zero-order chi connectivity index (χ0) is 33.5. The lowest BCUT2D eigenvalue weighted by atomic mass is 9.65. The SMILES string of the molecule is C1=CCC=CC(N2c3c(ccc4c3c3ccccc3n4-c3ccoc3)C3C=C(C4(c5ccccc5)c5ccccc5-c5ccccc54)C=CC32)=C1. The molecule has 2 unspecified atom stereocenters. The average Bonchev–Trinajstić information content (AvgIpc) is 3.92. The van der Waals surface area contributed by atoms with E-state index in [9.17, 15) is 0 Å². The van der Waals surface area contributed by atoms with Crippen LogP contribution in [0.3, 0.4) is 0 Å². The van der Waals surface area contributed by atoms with Crippen LogP contribution >= 0.6 is 0 Å². The molecule has 3 nitrogen and oxygen atoms in total. The standard InChI is InChI=1S/C48H34N2O/c1-2-7-17-34(16-6-1)50-44-26-24-33(48(32-14-4-3-5-15-32)41-21-11-8-18-36(41)37-19-9-12-22-42(37)48)30-40(44)38-25-27-45-46(47(38)50)39-20-10-13-23-43(39)49(45)35-28-29-51-31-35/h1,3-31,40,44H,2H2. The number of hydrogen-bond donors (Lipinski definition) is 0. The number of rotatable bonds is 4. The fourth-order valence-electron chi connectivity index (χ4n) is 9.58. The van der Waals surface area contributed by atoms with E-state index in [1.54, 1.807) is 6.26 Å². The Morgan fingerprint density at radius 1 is 0.686 bits per heavy atom. The van der Waals surface area contributed by atoms with Crippen LogP contribution in [0.15, 0.2) is 198 Å². The summed E-state index contributed by atoms with van der Waals surface area (Å²) in [6.45, 7) is 0. The highest BCUT2D eigenvalue weighted by Crippen LogP contribution is 2.59. The summed E-state index contributed by atoms with van der Waals surface area (Å²) in [5.74, 6) is 0.141. The van der Waals surface area contributed by atoms with Crippen molar-refractivity contribution >= 4 is 27.5 Å². The number of hydrogen-bond acceptors (Lipinski definition) is 2. The first-order valence-corrected chi connectivity index (χ1v) is 17.9. The van der Waals surface area contributed by atoms with E-state index < -0.39 is 5.41 Å². The fraction of sp³-hybridized carbons (Fsp3) is 0.0833. The van der Waals surface area contributed by atoms with Gasteiger partial charge in [0.15, 0.2) is 0 Å². The van der Waals surface area contributed by atoms with E-state index in [-0.39, 0.29) is 12.0 Å². The number of fused-ring (bicyclic) bond motifs is 10. The third kappa shape index (κ3) is 3.83. The second-order valence-electron chi connectivity index (χ2n) is 14.0. The summed E-state index contributed by atoms with van der Waals surface area (Å²) in [4.78, 5) is 2.61. The van der Waals surface area contributed by atoms with Crippen molar-refractivity contribution in [1.82, 2.24) is 4.57 Å². The lowest BCUT2D eigenvalue weighted by Gasteiger charge is -2.38. The molecule has 0 N–H and O–H groups in total. The van der Waals surface area contributed by atoms with Gasteiger partial charge in [-0.25, -0.2) is 0 Å². The molecule has 4 aliphatic rings. The van der Waals surface area contributed by atoms with Gasteiger partial charge in [0.25, 0.3) is 0 Å². The van der Waals surface area contributed by atoms with Gasteiger partial charge in [-0.15, -0.1) is 0 Å². The molecule has 0 amide bonds. The van der Waals surface area contributed by atoms with Gasteiger partial charge in [0.05, 0.1) is 40.1 Å². The number of furan rings is 1. The quantitative estimate of drug-likeness (QED) is 0.188. The molecule has 3 heteroatoms. The van der Waals surface area contributed by atoms with Gasteiger partial charge in [-0.1, -0.05) is 140 Å². The molecular formula is C48H34N2O. The van der Waals surface area contributed by atoms with Crippen molar-refractivity contribution in [1.29, 1.82) is 0 Å². The van der Waals surface area contributed by atoms with Gasteiger partial charge in [-0.3, -0.25) is 0 Å². The Kier molecular flexibility index (Phi) is 6.06. The minimum Gasteiger partial charge on any atom is -0.470 e. The van der Waals surface area contributed by atoms with Crippen LogP contribution in [0.25, 0.3) is 38.6 Å². The number of aromatic nitrogens is 1. The normalized spacial score (nSPS) is 19.4. The predicted octanol–water partition coefficient (Wildman–Crippen LogP) is 11.6. The van der Waals surface area contributed by atoms with E-state index in [0.717, 1.165) is 12.1 Å². The molecule has 0 radical (unpaired) electrons. The molecule has 1 aliphatic heterocycles. The van der Waals surface area contributed by atoms with Gasteiger partial charge in [0.1, 0.15) is 6.26 Å². The third-order valence-corrected chi connectivity index (χ3v) is 11.5. The van der Waals surface area contributed by atoms with Crippen molar-refractivity contribution in [2.24, 2.45) is 0 Å². The van der Waals surface area contributed by atoms with Gasteiger partial charge in [0.2, 0.25) is 0 Å². The van der Waals surface area contributed by atoms with Crippen LogP contribution in [0.2, 0.25) is 0 Å². The first-order valence-electron chi connectivity index (χ1n) is 17.9. The van der Waals surface area contributed by atoms with E-state index in [1.165, 1.54) is 72.1 Å². The van der Waals surface area contributed by atoms with Crippen molar-refractivity contribution < 1.29 is 4.42 Å². The summed E-state index contributed by atoms with van der Waals surface area (Å²) < 4.78 is 7.97. The second-order valence-corrected chi connectivity index (χ2v) is 14.0. The van der Waals surface area contributed by atoms with Crippen molar-refractivity contribution in [2.75, 3.05) is 4.90 Å². The number of benzene rings is 5. The molecule has 0 saturated heterocycles. The van der Waals surface area contributed by atoms with Gasteiger partial charge in [-0.05, 0) is 69.7 Å². The monoisotopic (exact) mass is 654 g/mol. The summed E-state index contributed by atoms with van der Waals surface area (Å²) >= 11 is 0. The third-order valence-electron chi connectivity index (χ3n) is 11.5. The average molecular weight is 655 g/mol. The summed E-state index contributed by atoms with van der Waals surface area (Å²) in [7, 11) is 0. The van der Waals surface area contributed by atoms with Crippen LogP contribution in [-0.2, 0) is 5.41 Å². The maximum atomic E-state index is 5.62. The molecule has 51 heavy (non-hydrogen) atoms. The molecule has 0 fully saturated rings. The number of allylic oxidation sites excluding steroid dienone is 7. The van der Waals surface area contributed by atoms with E-state index in [1.807, 2.05) is 6.26 Å². The highest BCUT2D eigenvalue weighted by atomic mass is 16.3. The number of anilines is 1. The minimum atomic E-state index is -0.435. The fourth-order valence-corrected chi connectivity index (χ4v) is 9.58. The molecule has 0 spiro atoms. The van der Waals surface area contributed by atoms with E-state index in [0.29, 0.717) is 0 Å². The van der Waals surface area contributed by atoms with E-state index in [2.05, 4.69) is 179 Å². The maximum Gasteiger partial charge on any atom is 0.114 e. The Hall–Kier alpha value is -6.32. The summed E-state index contributed by atoms with van der Waals surface area (Å²) in [6, 6.07) is 44.9. The highest BCUT2D eigenvalue weighted by molar-refractivity contribution is 6.17. The minimum absolute atomic E-state index is 0.118. The molecule has 0 bridgehead atoms. The number of nitrogens with zero attached hydrogens (tertiary/aromatic N) is 2.